The van der Waals surface area contributed by atoms with Crippen molar-refractivity contribution in [1.29, 1.82) is 0 Å². The van der Waals surface area contributed by atoms with Crippen LogP contribution in [-0.2, 0) is 5.41 Å². The average molecular weight is 657 g/mol. The zero-order valence-electron chi connectivity index (χ0n) is 29.8. The van der Waals surface area contributed by atoms with E-state index >= 15 is 0 Å². The number of hydrogen-bond donors (Lipinski definition) is 1. The van der Waals surface area contributed by atoms with Gasteiger partial charge in [-0.2, -0.15) is 0 Å². The normalized spacial score (nSPS) is 28.0. The maximum atomic E-state index is 5.39. The van der Waals surface area contributed by atoms with Gasteiger partial charge >= 0.3 is 0 Å². The lowest BCUT2D eigenvalue weighted by Gasteiger charge is -2.37. The first kappa shape index (κ1) is 30.9. The Labute approximate surface area is 294 Å². The lowest BCUT2D eigenvalue weighted by atomic mass is 9.80. The van der Waals surface area contributed by atoms with Crippen molar-refractivity contribution in [3.63, 3.8) is 0 Å². The van der Waals surface area contributed by atoms with Crippen molar-refractivity contribution in [3.8, 4) is 11.1 Å². The van der Waals surface area contributed by atoms with E-state index in [0.29, 0.717) is 17.8 Å². The van der Waals surface area contributed by atoms with E-state index in [1.807, 2.05) is 0 Å². The second-order valence-corrected chi connectivity index (χ2v) is 15.4. The Hall–Kier alpha value is -5.10. The smallest absolute Gasteiger partial charge is 0.229 e. The number of amidine groups is 2. The Balaban J connectivity index is 1.14. The summed E-state index contributed by atoms with van der Waals surface area (Å²) in [5, 5.41) is 6.21. The number of benzene rings is 3. The number of aliphatic imine (C=N–C) groups is 4. The summed E-state index contributed by atoms with van der Waals surface area (Å²) >= 11 is 0. The van der Waals surface area contributed by atoms with E-state index in [9.17, 15) is 0 Å². The van der Waals surface area contributed by atoms with Gasteiger partial charge in [-0.25, -0.2) is 20.0 Å². The molecule has 50 heavy (non-hydrogen) atoms. The van der Waals surface area contributed by atoms with Gasteiger partial charge in [-0.15, -0.1) is 0 Å². The third-order valence-corrected chi connectivity index (χ3v) is 11.5. The molecule has 1 N–H and O–H groups in total. The maximum Gasteiger partial charge on any atom is 0.229 e. The minimum atomic E-state index is -0.708. The number of hydrogen-bond acceptors (Lipinski definition) is 5. The van der Waals surface area contributed by atoms with Crippen LogP contribution in [0, 0.1) is 17.8 Å². The number of nitrogens with one attached hydrogen (secondary N) is 1. The molecule has 3 heterocycles. The van der Waals surface area contributed by atoms with Crippen LogP contribution in [0.5, 0.6) is 0 Å². The zero-order valence-corrected chi connectivity index (χ0v) is 29.8. The van der Waals surface area contributed by atoms with Crippen molar-refractivity contribution in [2.24, 2.45) is 37.7 Å². The highest BCUT2D eigenvalue weighted by molar-refractivity contribution is 6.20. The number of aromatic nitrogens is 1. The summed E-state index contributed by atoms with van der Waals surface area (Å²) < 4.78 is 2.27. The molecule has 5 aliphatic rings. The molecule has 250 valence electrons. The summed E-state index contributed by atoms with van der Waals surface area (Å²) in [4.78, 5) is 21.2. The molecule has 9 rings (SSSR count). The molecule has 2 aliphatic heterocycles. The van der Waals surface area contributed by atoms with Gasteiger partial charge in [0.2, 0.25) is 5.96 Å². The average Bonchev–Trinajstić information content (AvgIpc) is 3.57. The largest absolute Gasteiger partial charge is 0.328 e. The summed E-state index contributed by atoms with van der Waals surface area (Å²) in [6.45, 7) is 13.6. The Morgan fingerprint density at radius 1 is 0.840 bits per heavy atom. The van der Waals surface area contributed by atoms with E-state index in [1.165, 1.54) is 44.2 Å². The first-order valence-electron chi connectivity index (χ1n) is 18.1. The van der Waals surface area contributed by atoms with Gasteiger partial charge in [0.15, 0.2) is 5.66 Å². The summed E-state index contributed by atoms with van der Waals surface area (Å²) in [7, 11) is 0. The molecule has 3 aromatic carbocycles. The van der Waals surface area contributed by atoms with Crippen molar-refractivity contribution >= 4 is 45.7 Å². The Morgan fingerprint density at radius 2 is 1.66 bits per heavy atom. The number of para-hydroxylation sites is 1. The van der Waals surface area contributed by atoms with Gasteiger partial charge in [-0.1, -0.05) is 113 Å². The Bertz CT molecular complexity index is 2350. The van der Waals surface area contributed by atoms with E-state index in [-0.39, 0.29) is 17.4 Å². The minimum Gasteiger partial charge on any atom is -0.328 e. The highest BCUT2D eigenvalue weighted by Gasteiger charge is 2.40. The van der Waals surface area contributed by atoms with Gasteiger partial charge in [-0.05, 0) is 84.1 Å². The van der Waals surface area contributed by atoms with Crippen LogP contribution in [0.2, 0.25) is 0 Å². The predicted molar refractivity (Wildman–Crippen MR) is 210 cm³/mol. The maximum absolute atomic E-state index is 5.39. The summed E-state index contributed by atoms with van der Waals surface area (Å²) in [5.74, 6) is 3.19. The molecule has 6 nitrogen and oxygen atoms in total. The van der Waals surface area contributed by atoms with E-state index in [4.69, 9.17) is 20.0 Å². The van der Waals surface area contributed by atoms with Crippen LogP contribution in [0.1, 0.15) is 65.5 Å². The summed E-state index contributed by atoms with van der Waals surface area (Å²) in [6, 6.07) is 22.0. The fourth-order valence-electron chi connectivity index (χ4n) is 9.01. The van der Waals surface area contributed by atoms with Crippen molar-refractivity contribution in [3.05, 3.63) is 119 Å². The Morgan fingerprint density at radius 3 is 2.48 bits per heavy atom. The third-order valence-electron chi connectivity index (χ3n) is 11.5. The summed E-state index contributed by atoms with van der Waals surface area (Å²) in [5.41, 5.74) is 9.29. The molecule has 0 fully saturated rings. The third kappa shape index (κ3) is 4.60. The number of fused-ring (bicyclic) bond motifs is 7. The molecule has 0 bridgehead atoms. The van der Waals surface area contributed by atoms with E-state index in [2.05, 4.69) is 155 Å². The summed E-state index contributed by atoms with van der Waals surface area (Å²) in [6.07, 6.45) is 17.2. The van der Waals surface area contributed by atoms with Crippen LogP contribution in [-0.4, -0.2) is 40.1 Å². The molecule has 5 atom stereocenters. The van der Waals surface area contributed by atoms with Gasteiger partial charge in [0.05, 0.1) is 23.0 Å². The molecule has 0 spiro atoms. The highest BCUT2D eigenvalue weighted by atomic mass is 15.3. The zero-order chi connectivity index (χ0) is 34.4. The minimum absolute atomic E-state index is 0.0968. The van der Waals surface area contributed by atoms with Crippen LogP contribution in [0.4, 0.5) is 0 Å². The van der Waals surface area contributed by atoms with Crippen molar-refractivity contribution in [2.45, 2.75) is 71.5 Å². The molecule has 6 heteroatoms. The first-order valence-corrected chi connectivity index (χ1v) is 18.1. The van der Waals surface area contributed by atoms with E-state index < -0.39 is 5.66 Å². The fraction of sp³-hybridized carbons (Fsp3) is 0.318. The second kappa shape index (κ2) is 11.2. The number of allylic oxidation sites excluding steroid dienone is 6. The molecule has 0 saturated heterocycles. The van der Waals surface area contributed by atoms with Crippen LogP contribution >= 0.6 is 0 Å². The Kier molecular flexibility index (Phi) is 6.93. The van der Waals surface area contributed by atoms with Crippen molar-refractivity contribution < 1.29 is 0 Å². The van der Waals surface area contributed by atoms with Gasteiger partial charge in [0, 0.05) is 22.4 Å². The fourth-order valence-corrected chi connectivity index (χ4v) is 9.01. The first-order chi connectivity index (χ1) is 24.1. The predicted octanol–water partition coefficient (Wildman–Crippen LogP) is 9.56. The standard InChI is InChI=1S/C44H44N6/c1-26-14-13-16-29(24-26)40-47-41(49-44(6,48-40)34-19-10-7-15-27(34)2)33-25-45-42(46-28(33)3)50-36-21-12-9-18-32(36)38-37(50)23-22-31-30-17-8-11-20-35(30)43(4,5)39(31)38/h7-14,16-23,25-28,33H,15,24H2,1-6H3,(H,47,48,49). The number of nitrogens with zero attached hydrogens (tertiary/aromatic N) is 5. The highest BCUT2D eigenvalue weighted by Crippen LogP contribution is 2.53. The molecule has 0 radical (unpaired) electrons. The molecule has 3 aliphatic carbocycles. The van der Waals surface area contributed by atoms with Gasteiger partial charge < -0.3 is 5.32 Å². The molecular formula is C44H44N6. The topological polar surface area (TPSA) is 66.4 Å². The second-order valence-electron chi connectivity index (χ2n) is 15.4. The van der Waals surface area contributed by atoms with E-state index in [0.717, 1.165) is 35.5 Å². The monoisotopic (exact) mass is 656 g/mol. The van der Waals surface area contributed by atoms with Gasteiger partial charge in [0.1, 0.15) is 11.7 Å². The van der Waals surface area contributed by atoms with Crippen molar-refractivity contribution in [2.75, 3.05) is 0 Å². The lowest BCUT2D eigenvalue weighted by Crippen LogP contribution is -2.49. The van der Waals surface area contributed by atoms with Crippen LogP contribution in [0.3, 0.4) is 0 Å². The quantitative estimate of drug-likeness (QED) is 0.235. The van der Waals surface area contributed by atoms with Crippen molar-refractivity contribution in [1.82, 2.24) is 9.88 Å². The molecule has 0 saturated carbocycles. The SMILES string of the molecule is CC1C=CC=C(C2=NC(C)(C3=CC=CCC3C)N=C(C3C=NC(n4c5ccccc5c5c6c(ccc54)-c4ccccc4C6(C)C)=NC3C)N2)C1. The molecule has 4 aromatic rings. The van der Waals surface area contributed by atoms with E-state index in [1.54, 1.807) is 0 Å². The molecular weight excluding hydrogens is 613 g/mol. The van der Waals surface area contributed by atoms with Crippen LogP contribution < -0.4 is 5.32 Å². The molecule has 5 unspecified atom stereocenters. The van der Waals surface area contributed by atoms with Gasteiger partial charge in [-0.3, -0.25) is 4.57 Å². The van der Waals surface area contributed by atoms with Crippen LogP contribution in [0.15, 0.2) is 128 Å². The van der Waals surface area contributed by atoms with Crippen LogP contribution in [0.25, 0.3) is 32.9 Å². The lowest BCUT2D eigenvalue weighted by molar-refractivity contribution is 0.484. The van der Waals surface area contributed by atoms with Gasteiger partial charge in [0.25, 0.3) is 0 Å². The molecule has 0 amide bonds. The molecule has 1 aromatic heterocycles. The number of rotatable bonds is 3.